The van der Waals surface area contributed by atoms with Crippen molar-refractivity contribution in [2.75, 3.05) is 7.11 Å². The Morgan fingerprint density at radius 2 is 2.18 bits per heavy atom. The summed E-state index contributed by atoms with van der Waals surface area (Å²) in [6.45, 7) is 1.90. The second-order valence-electron chi connectivity index (χ2n) is 5.48. The van der Waals surface area contributed by atoms with Crippen LogP contribution in [0, 0.1) is 5.82 Å². The largest absolute Gasteiger partial charge is 0.497 e. The highest BCUT2D eigenvalue weighted by atomic mass is 19.1. The Morgan fingerprint density at radius 1 is 1.41 bits per heavy atom. The van der Waals surface area contributed by atoms with Crippen molar-refractivity contribution in [3.05, 3.63) is 53.7 Å². The van der Waals surface area contributed by atoms with Crippen molar-refractivity contribution < 1.29 is 18.3 Å². The second-order valence-corrected chi connectivity index (χ2v) is 5.48. The molecule has 1 aliphatic rings. The highest BCUT2D eigenvalue weighted by molar-refractivity contribution is 5.95. The molecule has 0 radical (unpaired) electrons. The lowest BCUT2D eigenvalue weighted by molar-refractivity contribution is 0.0648. The average molecular weight is 303 g/mol. The number of hydrogen-bond donors (Lipinski definition) is 0. The number of benzene rings is 1. The van der Waals surface area contributed by atoms with Crippen LogP contribution in [0.5, 0.6) is 5.75 Å². The fourth-order valence-electron chi connectivity index (χ4n) is 2.61. The normalized spacial score (nSPS) is 15.4. The van der Waals surface area contributed by atoms with E-state index in [9.17, 15) is 9.18 Å². The van der Waals surface area contributed by atoms with Gasteiger partial charge in [-0.2, -0.15) is 0 Å². The Balaban J connectivity index is 1.90. The monoisotopic (exact) mass is 303 g/mol. The number of rotatable bonds is 5. The topological polar surface area (TPSA) is 42.7 Å². The van der Waals surface area contributed by atoms with Crippen LogP contribution in [0.15, 0.2) is 41.0 Å². The number of ether oxygens (including phenoxy) is 1. The van der Waals surface area contributed by atoms with Crippen LogP contribution < -0.4 is 4.74 Å². The maximum atomic E-state index is 14.2. The number of furan rings is 1. The smallest absolute Gasteiger partial charge is 0.257 e. The van der Waals surface area contributed by atoms with Gasteiger partial charge in [0.15, 0.2) is 0 Å². The van der Waals surface area contributed by atoms with E-state index in [0.29, 0.717) is 11.5 Å². The zero-order valence-corrected chi connectivity index (χ0v) is 12.6. The molecule has 1 amide bonds. The summed E-state index contributed by atoms with van der Waals surface area (Å²) in [7, 11) is 1.46. The molecule has 0 bridgehead atoms. The number of carbonyl (C=O) groups excluding carboxylic acids is 1. The van der Waals surface area contributed by atoms with Crippen LogP contribution in [0.25, 0.3) is 0 Å². The van der Waals surface area contributed by atoms with Gasteiger partial charge in [-0.3, -0.25) is 4.79 Å². The van der Waals surface area contributed by atoms with Gasteiger partial charge in [0, 0.05) is 12.1 Å². The van der Waals surface area contributed by atoms with Gasteiger partial charge in [-0.05, 0) is 44.0 Å². The van der Waals surface area contributed by atoms with Crippen LogP contribution >= 0.6 is 0 Å². The molecule has 0 N–H and O–H groups in total. The molecule has 0 spiro atoms. The average Bonchev–Trinajstić information content (AvgIpc) is 3.18. The molecule has 116 valence electrons. The quantitative estimate of drug-likeness (QED) is 0.844. The molecule has 1 heterocycles. The number of amides is 1. The number of carbonyl (C=O) groups is 1. The van der Waals surface area contributed by atoms with Crippen molar-refractivity contribution in [1.29, 1.82) is 0 Å². The predicted molar refractivity (Wildman–Crippen MR) is 79.3 cm³/mol. The Bertz CT molecular complexity index is 665. The third kappa shape index (κ3) is 2.71. The molecule has 4 nitrogen and oxygen atoms in total. The summed E-state index contributed by atoms with van der Waals surface area (Å²) in [4.78, 5) is 14.5. The van der Waals surface area contributed by atoms with Crippen LogP contribution in [0.3, 0.4) is 0 Å². The van der Waals surface area contributed by atoms with Gasteiger partial charge in [0.05, 0.1) is 25.0 Å². The third-order valence-electron chi connectivity index (χ3n) is 3.95. The molecule has 1 aromatic carbocycles. The van der Waals surface area contributed by atoms with Gasteiger partial charge in [0.1, 0.15) is 17.3 Å². The first-order valence-electron chi connectivity index (χ1n) is 7.31. The standard InChI is InChI=1S/C17H18FNO3/c1-11(16-4-3-9-22-16)19(12-5-6-12)17(20)14-8-7-13(21-2)10-15(14)18/h3-4,7-12H,5-6H2,1-2H3/t11-/m1/s1. The summed E-state index contributed by atoms with van der Waals surface area (Å²) >= 11 is 0. The molecule has 1 aromatic heterocycles. The van der Waals surface area contributed by atoms with Crippen molar-refractivity contribution in [3.8, 4) is 5.75 Å². The van der Waals surface area contributed by atoms with E-state index in [0.717, 1.165) is 12.8 Å². The van der Waals surface area contributed by atoms with Crippen LogP contribution in [-0.2, 0) is 0 Å². The van der Waals surface area contributed by atoms with Crippen molar-refractivity contribution in [3.63, 3.8) is 0 Å². The van der Waals surface area contributed by atoms with E-state index in [2.05, 4.69) is 0 Å². The fraction of sp³-hybridized carbons (Fsp3) is 0.353. The lowest BCUT2D eigenvalue weighted by atomic mass is 10.1. The van der Waals surface area contributed by atoms with E-state index in [1.54, 1.807) is 23.3 Å². The van der Waals surface area contributed by atoms with E-state index in [4.69, 9.17) is 9.15 Å². The number of methoxy groups -OCH3 is 1. The highest BCUT2D eigenvalue weighted by Crippen LogP contribution is 2.36. The second kappa shape index (κ2) is 5.83. The first-order chi connectivity index (χ1) is 10.6. The number of hydrogen-bond acceptors (Lipinski definition) is 3. The molecule has 3 rings (SSSR count). The van der Waals surface area contributed by atoms with Gasteiger partial charge in [0.25, 0.3) is 5.91 Å². The minimum absolute atomic E-state index is 0.0612. The van der Waals surface area contributed by atoms with E-state index in [1.807, 2.05) is 13.0 Å². The van der Waals surface area contributed by atoms with Gasteiger partial charge < -0.3 is 14.1 Å². The lowest BCUT2D eigenvalue weighted by Gasteiger charge is -2.28. The Labute approximate surface area is 128 Å². The zero-order chi connectivity index (χ0) is 15.7. The van der Waals surface area contributed by atoms with Crippen molar-refractivity contribution in [1.82, 2.24) is 4.90 Å². The SMILES string of the molecule is COc1ccc(C(=O)N(C2CC2)[C@H](C)c2ccco2)c(F)c1. The lowest BCUT2D eigenvalue weighted by Crippen LogP contribution is -2.36. The third-order valence-corrected chi connectivity index (χ3v) is 3.95. The molecule has 0 saturated heterocycles. The van der Waals surface area contributed by atoms with Gasteiger partial charge in [-0.15, -0.1) is 0 Å². The molecule has 1 aliphatic carbocycles. The molecular formula is C17H18FNO3. The van der Waals surface area contributed by atoms with Gasteiger partial charge >= 0.3 is 0 Å². The molecule has 2 aromatic rings. The molecule has 1 fully saturated rings. The summed E-state index contributed by atoms with van der Waals surface area (Å²) in [5, 5.41) is 0. The minimum atomic E-state index is -0.568. The minimum Gasteiger partial charge on any atom is -0.497 e. The summed E-state index contributed by atoms with van der Waals surface area (Å²) < 4.78 is 24.6. The summed E-state index contributed by atoms with van der Waals surface area (Å²) in [6.07, 6.45) is 3.46. The molecule has 22 heavy (non-hydrogen) atoms. The summed E-state index contributed by atoms with van der Waals surface area (Å²) in [5.41, 5.74) is 0.0612. The molecule has 1 atom stereocenters. The van der Waals surface area contributed by atoms with E-state index < -0.39 is 5.82 Å². The molecular weight excluding hydrogens is 285 g/mol. The molecule has 0 unspecified atom stereocenters. The number of nitrogens with zero attached hydrogens (tertiary/aromatic N) is 1. The van der Waals surface area contributed by atoms with Gasteiger partial charge in [-0.25, -0.2) is 4.39 Å². The Morgan fingerprint density at radius 3 is 2.73 bits per heavy atom. The van der Waals surface area contributed by atoms with Crippen molar-refractivity contribution in [2.24, 2.45) is 0 Å². The first-order valence-corrected chi connectivity index (χ1v) is 7.31. The van der Waals surface area contributed by atoms with Gasteiger partial charge in [-0.1, -0.05) is 0 Å². The molecule has 1 saturated carbocycles. The molecule has 0 aliphatic heterocycles. The summed E-state index contributed by atoms with van der Waals surface area (Å²) in [6, 6.07) is 7.84. The van der Waals surface area contributed by atoms with Crippen LogP contribution in [-0.4, -0.2) is 24.0 Å². The van der Waals surface area contributed by atoms with Crippen molar-refractivity contribution in [2.45, 2.75) is 31.8 Å². The van der Waals surface area contributed by atoms with E-state index in [1.165, 1.54) is 19.2 Å². The molecule has 5 heteroatoms. The van der Waals surface area contributed by atoms with Gasteiger partial charge in [0.2, 0.25) is 0 Å². The maximum absolute atomic E-state index is 14.2. The van der Waals surface area contributed by atoms with Crippen LogP contribution in [0.1, 0.15) is 41.9 Å². The van der Waals surface area contributed by atoms with E-state index in [-0.39, 0.29) is 23.6 Å². The fourth-order valence-corrected chi connectivity index (χ4v) is 2.61. The van der Waals surface area contributed by atoms with Crippen LogP contribution in [0.4, 0.5) is 4.39 Å². The predicted octanol–water partition coefficient (Wildman–Crippen LogP) is 3.79. The first kappa shape index (κ1) is 14.6. The van der Waals surface area contributed by atoms with Crippen LogP contribution in [0.2, 0.25) is 0 Å². The number of halogens is 1. The summed E-state index contributed by atoms with van der Waals surface area (Å²) in [5.74, 6) is 0.216. The maximum Gasteiger partial charge on any atom is 0.257 e. The van der Waals surface area contributed by atoms with Crippen molar-refractivity contribution >= 4 is 5.91 Å². The highest BCUT2D eigenvalue weighted by Gasteiger charge is 2.38. The Hall–Kier alpha value is -2.30. The zero-order valence-electron chi connectivity index (χ0n) is 12.6. The van der Waals surface area contributed by atoms with E-state index >= 15 is 0 Å². The Kier molecular flexibility index (Phi) is 3.88.